The lowest BCUT2D eigenvalue weighted by atomic mass is 9.84. The van der Waals surface area contributed by atoms with Crippen LogP contribution in [0.1, 0.15) is 24.8 Å². The molecule has 2 aromatic carbocycles. The first-order chi connectivity index (χ1) is 15.1. The molecule has 1 spiro atoms. The molecule has 0 bridgehead atoms. The molecule has 1 atom stereocenters. The maximum atomic E-state index is 13.4. The molecule has 2 aliphatic rings. The van der Waals surface area contributed by atoms with Gasteiger partial charge in [0.05, 0.1) is 18.8 Å². The topological polar surface area (TPSA) is 107 Å². The zero-order chi connectivity index (χ0) is 21.4. The van der Waals surface area contributed by atoms with Gasteiger partial charge in [0.15, 0.2) is 5.54 Å². The molecule has 158 valence electrons. The lowest BCUT2D eigenvalue weighted by Gasteiger charge is -2.33. The number of ether oxygens (including phenoxy) is 2. The summed E-state index contributed by atoms with van der Waals surface area (Å²) in [4.78, 5) is 31.6. The average Bonchev–Trinajstić information content (AvgIpc) is 3.34. The summed E-state index contributed by atoms with van der Waals surface area (Å²) >= 11 is 0. The Balaban J connectivity index is 1.42. The van der Waals surface area contributed by atoms with Gasteiger partial charge in [0.25, 0.3) is 5.91 Å². The minimum atomic E-state index is -1.14. The number of hydrogen-bond acceptors (Lipinski definition) is 7. The maximum Gasteiger partial charge on any atom is 0.325 e. The minimum absolute atomic E-state index is 0.126. The highest BCUT2D eigenvalue weighted by Gasteiger charge is 2.55. The van der Waals surface area contributed by atoms with Crippen molar-refractivity contribution in [1.29, 1.82) is 0 Å². The summed E-state index contributed by atoms with van der Waals surface area (Å²) in [7, 11) is 0. The Kier molecular flexibility index (Phi) is 4.58. The van der Waals surface area contributed by atoms with Gasteiger partial charge in [-0.25, -0.2) is 4.79 Å². The fourth-order valence-corrected chi connectivity index (χ4v) is 4.01. The molecule has 1 saturated heterocycles. The highest BCUT2D eigenvalue weighted by Crippen LogP contribution is 2.41. The van der Waals surface area contributed by atoms with Crippen LogP contribution in [0, 0.1) is 0 Å². The van der Waals surface area contributed by atoms with Crippen LogP contribution in [0.25, 0.3) is 11.4 Å². The van der Waals surface area contributed by atoms with E-state index in [1.807, 2.05) is 43.3 Å². The fourth-order valence-electron chi connectivity index (χ4n) is 4.01. The number of rotatable bonds is 5. The van der Waals surface area contributed by atoms with Crippen molar-refractivity contribution in [2.45, 2.75) is 25.4 Å². The highest BCUT2D eigenvalue weighted by atomic mass is 16.5. The Bertz CT molecular complexity index is 1160. The first-order valence-electron chi connectivity index (χ1n) is 10.0. The van der Waals surface area contributed by atoms with Gasteiger partial charge in [0.2, 0.25) is 11.7 Å². The molecule has 9 heteroatoms. The molecule has 2 aliphatic heterocycles. The van der Waals surface area contributed by atoms with Crippen LogP contribution >= 0.6 is 0 Å². The zero-order valence-corrected chi connectivity index (χ0v) is 16.8. The number of carbonyl (C=O) groups excluding carboxylic acids is 2. The van der Waals surface area contributed by atoms with Crippen molar-refractivity contribution in [3.8, 4) is 22.9 Å². The number of urea groups is 1. The Hall–Kier alpha value is -3.88. The van der Waals surface area contributed by atoms with E-state index < -0.39 is 11.6 Å². The van der Waals surface area contributed by atoms with Gasteiger partial charge in [-0.2, -0.15) is 4.98 Å². The molecule has 0 saturated carbocycles. The van der Waals surface area contributed by atoms with Crippen molar-refractivity contribution >= 4 is 11.9 Å². The number of aromatic nitrogens is 2. The molecule has 9 nitrogen and oxygen atoms in total. The Morgan fingerprint density at radius 1 is 1.16 bits per heavy atom. The highest BCUT2D eigenvalue weighted by molar-refractivity contribution is 6.07. The largest absolute Gasteiger partial charge is 0.493 e. The number of amides is 3. The predicted octanol–water partition coefficient (Wildman–Crippen LogP) is 2.87. The second-order valence-electron chi connectivity index (χ2n) is 7.26. The third-order valence-electron chi connectivity index (χ3n) is 5.45. The quantitative estimate of drug-likeness (QED) is 0.633. The van der Waals surface area contributed by atoms with Crippen LogP contribution in [0.15, 0.2) is 53.1 Å². The van der Waals surface area contributed by atoms with E-state index in [0.717, 1.165) is 4.90 Å². The van der Waals surface area contributed by atoms with E-state index >= 15 is 0 Å². The van der Waals surface area contributed by atoms with Gasteiger partial charge in [0.1, 0.15) is 18.0 Å². The number of para-hydroxylation sites is 2. The van der Waals surface area contributed by atoms with E-state index in [-0.39, 0.29) is 18.3 Å². The molecule has 3 amide bonds. The van der Waals surface area contributed by atoms with Crippen molar-refractivity contribution in [2.75, 3.05) is 13.2 Å². The van der Waals surface area contributed by atoms with Gasteiger partial charge in [0, 0.05) is 12.0 Å². The van der Waals surface area contributed by atoms with Gasteiger partial charge in [-0.15, -0.1) is 0 Å². The summed E-state index contributed by atoms with van der Waals surface area (Å²) < 4.78 is 16.6. The molecule has 1 aromatic heterocycles. The molecule has 5 rings (SSSR count). The van der Waals surface area contributed by atoms with Crippen LogP contribution in [-0.2, 0) is 16.9 Å². The lowest BCUT2D eigenvalue weighted by Crippen LogP contribution is -2.47. The molecule has 3 heterocycles. The molecular weight excluding hydrogens is 400 g/mol. The predicted molar refractivity (Wildman–Crippen MR) is 108 cm³/mol. The molecule has 3 aromatic rings. The Morgan fingerprint density at radius 3 is 2.84 bits per heavy atom. The lowest BCUT2D eigenvalue weighted by molar-refractivity contribution is -0.133. The molecular formula is C22H20N4O5. The fraction of sp³-hybridized carbons (Fsp3) is 0.273. The smallest absolute Gasteiger partial charge is 0.325 e. The van der Waals surface area contributed by atoms with E-state index in [9.17, 15) is 9.59 Å². The monoisotopic (exact) mass is 420 g/mol. The standard InChI is InChI=1S/C22H20N4O5/c1-2-29-16-9-5-3-7-14(16)19-23-18(31-25-19)13-26-20(27)22(24-21(26)28)11-12-30-17-10-6-4-8-15(17)22/h3-10H,2,11-13H2,1H3,(H,24,28). The van der Waals surface area contributed by atoms with Crippen LogP contribution in [0.2, 0.25) is 0 Å². The number of nitrogens with zero attached hydrogens (tertiary/aromatic N) is 3. The van der Waals surface area contributed by atoms with Crippen LogP contribution in [0.4, 0.5) is 4.79 Å². The van der Waals surface area contributed by atoms with Crippen molar-refractivity contribution in [3.05, 3.63) is 60.0 Å². The van der Waals surface area contributed by atoms with E-state index in [1.165, 1.54) is 0 Å². The number of nitrogens with one attached hydrogen (secondary N) is 1. The molecule has 1 N–H and O–H groups in total. The average molecular weight is 420 g/mol. The van der Waals surface area contributed by atoms with Gasteiger partial charge in [-0.05, 0) is 25.1 Å². The number of hydrogen-bond donors (Lipinski definition) is 1. The van der Waals surface area contributed by atoms with Crippen molar-refractivity contribution < 1.29 is 23.6 Å². The van der Waals surface area contributed by atoms with Gasteiger partial charge >= 0.3 is 6.03 Å². The summed E-state index contributed by atoms with van der Waals surface area (Å²) in [5.74, 6) is 1.35. The molecule has 0 aliphatic carbocycles. The van der Waals surface area contributed by atoms with Crippen LogP contribution in [0.3, 0.4) is 0 Å². The summed E-state index contributed by atoms with van der Waals surface area (Å²) in [5.41, 5.74) is 0.182. The van der Waals surface area contributed by atoms with Crippen molar-refractivity contribution in [3.63, 3.8) is 0 Å². The second-order valence-corrected chi connectivity index (χ2v) is 7.26. The van der Waals surface area contributed by atoms with Crippen LogP contribution < -0.4 is 14.8 Å². The third-order valence-corrected chi connectivity index (χ3v) is 5.45. The summed E-state index contributed by atoms with van der Waals surface area (Å²) in [6.45, 7) is 2.59. The van der Waals surface area contributed by atoms with Gasteiger partial charge in [-0.1, -0.05) is 35.5 Å². The molecule has 0 radical (unpaired) electrons. The SMILES string of the molecule is CCOc1ccccc1-c1noc(CN2C(=O)NC3(CCOc4ccccc43)C2=O)n1. The Morgan fingerprint density at radius 2 is 1.97 bits per heavy atom. The first-order valence-corrected chi connectivity index (χ1v) is 10.0. The normalized spacial score (nSPS) is 19.8. The number of carbonyl (C=O) groups is 2. The molecule has 1 unspecified atom stereocenters. The van der Waals surface area contributed by atoms with E-state index in [2.05, 4.69) is 15.5 Å². The summed E-state index contributed by atoms with van der Waals surface area (Å²) in [6, 6.07) is 14.1. The third kappa shape index (κ3) is 3.09. The van der Waals surface area contributed by atoms with Crippen molar-refractivity contribution in [2.24, 2.45) is 0 Å². The minimum Gasteiger partial charge on any atom is -0.493 e. The number of fused-ring (bicyclic) bond motifs is 2. The number of benzene rings is 2. The maximum absolute atomic E-state index is 13.4. The van der Waals surface area contributed by atoms with Crippen LogP contribution in [-0.4, -0.2) is 40.2 Å². The first kappa shape index (κ1) is 19.1. The van der Waals surface area contributed by atoms with Gasteiger partial charge in [-0.3, -0.25) is 9.69 Å². The molecule has 31 heavy (non-hydrogen) atoms. The van der Waals surface area contributed by atoms with Crippen molar-refractivity contribution in [1.82, 2.24) is 20.4 Å². The van der Waals surface area contributed by atoms with Crippen LogP contribution in [0.5, 0.6) is 11.5 Å². The van der Waals surface area contributed by atoms with E-state index in [4.69, 9.17) is 14.0 Å². The number of imide groups is 1. The Labute approximate surface area is 177 Å². The zero-order valence-electron chi connectivity index (χ0n) is 16.8. The second kappa shape index (κ2) is 7.42. The van der Waals surface area contributed by atoms with Gasteiger partial charge < -0.3 is 19.3 Å². The molecule has 1 fully saturated rings. The van der Waals surface area contributed by atoms with E-state index in [1.54, 1.807) is 12.1 Å². The summed E-state index contributed by atoms with van der Waals surface area (Å²) in [6.07, 6.45) is 0.349. The summed E-state index contributed by atoms with van der Waals surface area (Å²) in [5, 5.41) is 6.86. The van der Waals surface area contributed by atoms with E-state index in [0.29, 0.717) is 48.1 Å².